The molecule has 1 atom stereocenters. The number of hydrogen-bond donors (Lipinski definition) is 0. The summed E-state index contributed by atoms with van der Waals surface area (Å²) in [4.78, 5) is 23.5. The summed E-state index contributed by atoms with van der Waals surface area (Å²) in [5.41, 5.74) is 1.96. The minimum atomic E-state index is 0.158. The van der Waals surface area contributed by atoms with Crippen LogP contribution in [0.1, 0.15) is 24.7 Å². The molecule has 6 heteroatoms. The highest BCUT2D eigenvalue weighted by molar-refractivity contribution is 5.81. The van der Waals surface area contributed by atoms with E-state index in [2.05, 4.69) is 14.5 Å². The Labute approximate surface area is 140 Å². The quantitative estimate of drug-likeness (QED) is 0.744. The molecule has 4 rings (SSSR count). The van der Waals surface area contributed by atoms with Crippen LogP contribution < -0.4 is 0 Å². The lowest BCUT2D eigenvalue weighted by Gasteiger charge is -2.33. The highest BCUT2D eigenvalue weighted by Gasteiger charge is 2.25. The number of benzene rings is 1. The number of aryl methyl sites for hydroxylation is 1. The predicted octanol–water partition coefficient (Wildman–Crippen LogP) is 2.40. The Morgan fingerprint density at radius 3 is 3.04 bits per heavy atom. The van der Waals surface area contributed by atoms with Crippen LogP contribution in [0.15, 0.2) is 43.0 Å². The van der Waals surface area contributed by atoms with Gasteiger partial charge >= 0.3 is 0 Å². The van der Waals surface area contributed by atoms with Gasteiger partial charge in [0.05, 0.1) is 23.4 Å². The van der Waals surface area contributed by atoms with Crippen LogP contribution in [0.3, 0.4) is 0 Å². The third-order valence-corrected chi connectivity index (χ3v) is 4.83. The number of rotatable bonds is 3. The van der Waals surface area contributed by atoms with Crippen molar-refractivity contribution in [3.05, 3.63) is 48.8 Å². The molecule has 1 saturated heterocycles. The molecule has 24 heavy (non-hydrogen) atoms. The van der Waals surface area contributed by atoms with Crippen LogP contribution in [0.4, 0.5) is 0 Å². The van der Waals surface area contributed by atoms with Crippen LogP contribution in [-0.2, 0) is 11.3 Å². The summed E-state index contributed by atoms with van der Waals surface area (Å²) < 4.78 is 4.12. The van der Waals surface area contributed by atoms with Crippen LogP contribution in [-0.4, -0.2) is 43.0 Å². The summed E-state index contributed by atoms with van der Waals surface area (Å²) in [6.45, 7) is 3.89. The van der Waals surface area contributed by atoms with Crippen molar-refractivity contribution in [2.45, 2.75) is 32.4 Å². The van der Waals surface area contributed by atoms with Crippen molar-refractivity contribution in [3.8, 4) is 0 Å². The lowest BCUT2D eigenvalue weighted by atomic mass is 10.1. The molecule has 1 fully saturated rings. The number of imidazole rings is 2. The van der Waals surface area contributed by atoms with Gasteiger partial charge in [-0.25, -0.2) is 9.97 Å². The Morgan fingerprint density at radius 1 is 1.33 bits per heavy atom. The molecule has 1 amide bonds. The molecule has 1 aromatic carbocycles. The van der Waals surface area contributed by atoms with Gasteiger partial charge in [-0.2, -0.15) is 0 Å². The summed E-state index contributed by atoms with van der Waals surface area (Å²) in [5.74, 6) is 1.04. The smallest absolute Gasteiger partial charge is 0.242 e. The SMILES string of the molecule is Cc1nc2ccccc2n1CC(=O)N1CCC[C@H](n2ccnc2)C1. The van der Waals surface area contributed by atoms with Crippen LogP contribution >= 0.6 is 0 Å². The zero-order valence-electron chi connectivity index (χ0n) is 13.8. The van der Waals surface area contributed by atoms with Gasteiger partial charge in [0.1, 0.15) is 12.4 Å². The maximum absolute atomic E-state index is 12.8. The molecular formula is C18H21N5O. The monoisotopic (exact) mass is 323 g/mol. The first-order valence-corrected chi connectivity index (χ1v) is 8.39. The van der Waals surface area contributed by atoms with E-state index in [-0.39, 0.29) is 5.91 Å². The van der Waals surface area contributed by atoms with E-state index in [0.717, 1.165) is 42.8 Å². The van der Waals surface area contributed by atoms with Gasteiger partial charge in [0.25, 0.3) is 0 Å². The van der Waals surface area contributed by atoms with Crippen molar-refractivity contribution >= 4 is 16.9 Å². The predicted molar refractivity (Wildman–Crippen MR) is 91.5 cm³/mol. The summed E-state index contributed by atoms with van der Waals surface area (Å²) >= 11 is 0. The second kappa shape index (κ2) is 6.11. The van der Waals surface area contributed by atoms with E-state index in [4.69, 9.17) is 0 Å². The Bertz CT molecular complexity index is 852. The Kier molecular flexibility index (Phi) is 3.80. The van der Waals surface area contributed by atoms with Gasteiger partial charge in [0.2, 0.25) is 5.91 Å². The van der Waals surface area contributed by atoms with Crippen LogP contribution in [0.2, 0.25) is 0 Å². The fraction of sp³-hybridized carbons (Fsp3) is 0.389. The van der Waals surface area contributed by atoms with E-state index < -0.39 is 0 Å². The fourth-order valence-corrected chi connectivity index (χ4v) is 3.54. The van der Waals surface area contributed by atoms with Gasteiger partial charge < -0.3 is 14.0 Å². The second-order valence-electron chi connectivity index (χ2n) is 6.38. The van der Waals surface area contributed by atoms with Gasteiger partial charge in [-0.05, 0) is 31.9 Å². The van der Waals surface area contributed by atoms with E-state index in [9.17, 15) is 4.79 Å². The second-order valence-corrected chi connectivity index (χ2v) is 6.38. The summed E-state index contributed by atoms with van der Waals surface area (Å²) in [7, 11) is 0. The number of carbonyl (C=O) groups excluding carboxylic acids is 1. The minimum absolute atomic E-state index is 0.158. The van der Waals surface area contributed by atoms with Crippen molar-refractivity contribution in [1.82, 2.24) is 24.0 Å². The third-order valence-electron chi connectivity index (χ3n) is 4.83. The summed E-state index contributed by atoms with van der Waals surface area (Å²) in [6, 6.07) is 8.29. The van der Waals surface area contributed by atoms with Crippen molar-refractivity contribution in [2.75, 3.05) is 13.1 Å². The number of hydrogen-bond acceptors (Lipinski definition) is 3. The largest absolute Gasteiger partial charge is 0.339 e. The minimum Gasteiger partial charge on any atom is -0.339 e. The third kappa shape index (κ3) is 2.68. The lowest BCUT2D eigenvalue weighted by Crippen LogP contribution is -2.42. The molecule has 0 spiro atoms. The van der Waals surface area contributed by atoms with Gasteiger partial charge in [-0.15, -0.1) is 0 Å². The zero-order chi connectivity index (χ0) is 16.5. The number of likely N-dealkylation sites (tertiary alicyclic amines) is 1. The standard InChI is InChI=1S/C18H21N5O/c1-14-20-16-6-2-3-7-17(16)23(14)12-18(24)21-9-4-5-15(11-21)22-10-8-19-13-22/h2-3,6-8,10,13,15H,4-5,9,11-12H2,1H3/t15-/m0/s1. The molecule has 0 aliphatic carbocycles. The Hall–Kier alpha value is -2.63. The molecule has 0 unspecified atom stereocenters. The first kappa shape index (κ1) is 14.9. The number of nitrogens with zero attached hydrogens (tertiary/aromatic N) is 5. The molecule has 0 radical (unpaired) electrons. The number of para-hydroxylation sites is 2. The maximum atomic E-state index is 12.8. The summed E-state index contributed by atoms with van der Waals surface area (Å²) in [6.07, 6.45) is 7.73. The van der Waals surface area contributed by atoms with E-state index >= 15 is 0 Å². The first-order chi connectivity index (χ1) is 11.7. The van der Waals surface area contributed by atoms with Crippen LogP contribution in [0.5, 0.6) is 0 Å². The van der Waals surface area contributed by atoms with Crippen molar-refractivity contribution in [2.24, 2.45) is 0 Å². The van der Waals surface area contributed by atoms with E-state index in [1.165, 1.54) is 0 Å². The van der Waals surface area contributed by atoms with Crippen LogP contribution in [0, 0.1) is 6.92 Å². The van der Waals surface area contributed by atoms with Gasteiger partial charge in [0.15, 0.2) is 0 Å². The number of aromatic nitrogens is 4. The number of amides is 1. The number of carbonyl (C=O) groups is 1. The molecule has 1 aliphatic rings. The van der Waals surface area contributed by atoms with Crippen molar-refractivity contribution in [1.29, 1.82) is 0 Å². The molecule has 6 nitrogen and oxygen atoms in total. The number of fused-ring (bicyclic) bond motifs is 1. The molecule has 0 bridgehead atoms. The Balaban J connectivity index is 1.52. The lowest BCUT2D eigenvalue weighted by molar-refractivity contribution is -0.133. The molecule has 124 valence electrons. The molecule has 1 aliphatic heterocycles. The molecule has 0 N–H and O–H groups in total. The normalized spacial score (nSPS) is 18.2. The van der Waals surface area contributed by atoms with Gasteiger partial charge in [-0.3, -0.25) is 4.79 Å². The molecular weight excluding hydrogens is 302 g/mol. The van der Waals surface area contributed by atoms with Gasteiger partial charge in [-0.1, -0.05) is 12.1 Å². The summed E-state index contributed by atoms with van der Waals surface area (Å²) in [5, 5.41) is 0. The maximum Gasteiger partial charge on any atom is 0.242 e. The number of piperidine rings is 1. The fourth-order valence-electron chi connectivity index (χ4n) is 3.54. The highest BCUT2D eigenvalue weighted by atomic mass is 16.2. The zero-order valence-corrected chi connectivity index (χ0v) is 13.8. The van der Waals surface area contributed by atoms with E-state index in [0.29, 0.717) is 12.6 Å². The molecule has 3 aromatic rings. The molecule has 2 aromatic heterocycles. The topological polar surface area (TPSA) is 56.0 Å². The van der Waals surface area contributed by atoms with Gasteiger partial charge in [0, 0.05) is 25.5 Å². The van der Waals surface area contributed by atoms with E-state index in [1.807, 2.05) is 53.2 Å². The molecule has 3 heterocycles. The highest BCUT2D eigenvalue weighted by Crippen LogP contribution is 2.22. The Morgan fingerprint density at radius 2 is 2.21 bits per heavy atom. The molecule has 0 saturated carbocycles. The average Bonchev–Trinajstić information content (AvgIpc) is 3.24. The van der Waals surface area contributed by atoms with E-state index in [1.54, 1.807) is 6.20 Å². The first-order valence-electron chi connectivity index (χ1n) is 8.39. The van der Waals surface area contributed by atoms with Crippen LogP contribution in [0.25, 0.3) is 11.0 Å². The average molecular weight is 323 g/mol. The van der Waals surface area contributed by atoms with Crippen molar-refractivity contribution in [3.63, 3.8) is 0 Å². The van der Waals surface area contributed by atoms with Crippen molar-refractivity contribution < 1.29 is 4.79 Å².